The van der Waals surface area contributed by atoms with Crippen LogP contribution >= 0.6 is 11.3 Å². The first-order valence-corrected chi connectivity index (χ1v) is 6.01. The highest BCUT2D eigenvalue weighted by molar-refractivity contribution is 7.09. The molecule has 0 saturated heterocycles. The average Bonchev–Trinajstić information content (AvgIpc) is 2.95. The van der Waals surface area contributed by atoms with Crippen molar-refractivity contribution >= 4 is 28.3 Å². The van der Waals surface area contributed by atoms with E-state index in [1.54, 1.807) is 11.3 Å². The Bertz CT molecular complexity index is 550. The molecule has 0 aliphatic rings. The predicted octanol–water partition coefficient (Wildman–Crippen LogP) is 3.24. The van der Waals surface area contributed by atoms with Crippen LogP contribution < -0.4 is 5.32 Å². The van der Waals surface area contributed by atoms with Crippen molar-refractivity contribution in [1.29, 1.82) is 0 Å². The lowest BCUT2D eigenvalue weighted by Crippen LogP contribution is -1.98. The molecule has 0 spiro atoms. The topological polar surface area (TPSA) is 40.7 Å². The zero-order chi connectivity index (χ0) is 10.8. The van der Waals surface area contributed by atoms with E-state index in [1.807, 2.05) is 24.3 Å². The maximum atomic E-state index is 4.45. The van der Waals surface area contributed by atoms with E-state index in [1.165, 1.54) is 4.88 Å². The van der Waals surface area contributed by atoms with Gasteiger partial charge in [-0.25, -0.2) is 4.98 Å². The molecule has 0 radical (unpaired) electrons. The van der Waals surface area contributed by atoms with Crippen molar-refractivity contribution in [2.75, 3.05) is 5.32 Å². The lowest BCUT2D eigenvalue weighted by Gasteiger charge is -1.98. The average molecular weight is 229 g/mol. The molecule has 0 aliphatic carbocycles. The number of nitrogens with zero attached hydrogens (tertiary/aromatic N) is 1. The first-order chi connectivity index (χ1) is 7.92. The summed E-state index contributed by atoms with van der Waals surface area (Å²) in [4.78, 5) is 9.00. The fourth-order valence-corrected chi connectivity index (χ4v) is 2.27. The van der Waals surface area contributed by atoms with Crippen LogP contribution in [0.2, 0.25) is 0 Å². The molecular formula is C12H11N3S. The molecule has 1 aromatic carbocycles. The summed E-state index contributed by atoms with van der Waals surface area (Å²) in [6, 6.07) is 12.2. The number of fused-ring (bicyclic) bond motifs is 1. The zero-order valence-corrected chi connectivity index (χ0v) is 9.42. The van der Waals surface area contributed by atoms with Crippen LogP contribution in [-0.4, -0.2) is 9.97 Å². The Balaban J connectivity index is 1.79. The molecule has 0 saturated carbocycles. The molecule has 3 rings (SSSR count). The molecule has 2 N–H and O–H groups in total. The number of imidazole rings is 1. The monoisotopic (exact) mass is 229 g/mol. The minimum Gasteiger partial charge on any atom is -0.351 e. The maximum absolute atomic E-state index is 4.45. The third-order valence-corrected chi connectivity index (χ3v) is 3.28. The summed E-state index contributed by atoms with van der Waals surface area (Å²) in [7, 11) is 0. The first kappa shape index (κ1) is 9.42. The van der Waals surface area contributed by atoms with E-state index in [0.717, 1.165) is 23.5 Å². The predicted molar refractivity (Wildman–Crippen MR) is 67.7 cm³/mol. The Morgan fingerprint density at radius 1 is 1.19 bits per heavy atom. The van der Waals surface area contributed by atoms with Gasteiger partial charge >= 0.3 is 0 Å². The van der Waals surface area contributed by atoms with Crippen LogP contribution in [0.3, 0.4) is 0 Å². The number of aromatic amines is 1. The SMILES string of the molecule is c1csc(CNc2nc3ccccc3[nH]2)c1. The number of hydrogen-bond donors (Lipinski definition) is 2. The third kappa shape index (κ3) is 1.79. The third-order valence-electron chi connectivity index (χ3n) is 2.40. The van der Waals surface area contributed by atoms with E-state index >= 15 is 0 Å². The van der Waals surface area contributed by atoms with Gasteiger partial charge in [0, 0.05) is 4.88 Å². The van der Waals surface area contributed by atoms with Gasteiger partial charge in [-0.2, -0.15) is 0 Å². The summed E-state index contributed by atoms with van der Waals surface area (Å²) in [5.74, 6) is 0.828. The highest BCUT2D eigenvalue weighted by atomic mass is 32.1. The largest absolute Gasteiger partial charge is 0.351 e. The molecule has 0 atom stereocenters. The van der Waals surface area contributed by atoms with Gasteiger partial charge in [0.15, 0.2) is 0 Å². The number of hydrogen-bond acceptors (Lipinski definition) is 3. The molecule has 2 aromatic heterocycles. The van der Waals surface area contributed by atoms with E-state index in [0.29, 0.717) is 0 Å². The van der Waals surface area contributed by atoms with Crippen molar-refractivity contribution in [3.8, 4) is 0 Å². The summed E-state index contributed by atoms with van der Waals surface area (Å²) in [6.07, 6.45) is 0. The number of nitrogens with one attached hydrogen (secondary N) is 2. The van der Waals surface area contributed by atoms with Crippen LogP contribution in [0.4, 0.5) is 5.95 Å². The fourth-order valence-electron chi connectivity index (χ4n) is 1.62. The number of aromatic nitrogens is 2. The van der Waals surface area contributed by atoms with Gasteiger partial charge in [0.1, 0.15) is 0 Å². The van der Waals surface area contributed by atoms with Crippen LogP contribution in [0.5, 0.6) is 0 Å². The molecule has 0 fully saturated rings. The van der Waals surface area contributed by atoms with E-state index in [2.05, 4.69) is 32.8 Å². The number of para-hydroxylation sites is 2. The minimum absolute atomic E-state index is 0.817. The second-order valence-electron chi connectivity index (χ2n) is 3.54. The summed E-state index contributed by atoms with van der Waals surface area (Å²) in [5.41, 5.74) is 2.06. The van der Waals surface area contributed by atoms with Gasteiger partial charge < -0.3 is 10.3 Å². The van der Waals surface area contributed by atoms with Gasteiger partial charge in [0.2, 0.25) is 5.95 Å². The van der Waals surface area contributed by atoms with Gasteiger partial charge in [-0.15, -0.1) is 11.3 Å². The molecule has 0 bridgehead atoms. The molecule has 0 amide bonds. The molecule has 0 unspecified atom stereocenters. The quantitative estimate of drug-likeness (QED) is 0.724. The normalized spacial score (nSPS) is 10.8. The summed E-state index contributed by atoms with van der Waals surface area (Å²) in [5, 5.41) is 5.36. The Hall–Kier alpha value is -1.81. The van der Waals surface area contributed by atoms with Crippen LogP contribution in [-0.2, 0) is 6.54 Å². The van der Waals surface area contributed by atoms with Crippen LogP contribution in [0, 0.1) is 0 Å². The van der Waals surface area contributed by atoms with Gasteiger partial charge in [-0.1, -0.05) is 18.2 Å². The number of H-pyrrole nitrogens is 1. The van der Waals surface area contributed by atoms with Crippen molar-refractivity contribution in [3.63, 3.8) is 0 Å². The Morgan fingerprint density at radius 2 is 2.12 bits per heavy atom. The van der Waals surface area contributed by atoms with Crippen LogP contribution in [0.25, 0.3) is 11.0 Å². The smallest absolute Gasteiger partial charge is 0.201 e. The lowest BCUT2D eigenvalue weighted by molar-refractivity contribution is 1.13. The first-order valence-electron chi connectivity index (χ1n) is 5.13. The second kappa shape index (κ2) is 3.98. The highest BCUT2D eigenvalue weighted by Crippen LogP contribution is 2.15. The van der Waals surface area contributed by atoms with Gasteiger partial charge in [0.25, 0.3) is 0 Å². The van der Waals surface area contributed by atoms with Crippen molar-refractivity contribution in [2.24, 2.45) is 0 Å². The van der Waals surface area contributed by atoms with E-state index in [4.69, 9.17) is 0 Å². The summed E-state index contributed by atoms with van der Waals surface area (Å²) in [6.45, 7) is 0.817. The van der Waals surface area contributed by atoms with E-state index in [9.17, 15) is 0 Å². The summed E-state index contributed by atoms with van der Waals surface area (Å²) < 4.78 is 0. The fraction of sp³-hybridized carbons (Fsp3) is 0.0833. The van der Waals surface area contributed by atoms with E-state index in [-0.39, 0.29) is 0 Å². The van der Waals surface area contributed by atoms with Crippen molar-refractivity contribution < 1.29 is 0 Å². The zero-order valence-electron chi connectivity index (χ0n) is 8.60. The van der Waals surface area contributed by atoms with Gasteiger partial charge in [0.05, 0.1) is 17.6 Å². The van der Waals surface area contributed by atoms with Gasteiger partial charge in [-0.05, 0) is 23.6 Å². The molecule has 4 heteroatoms. The van der Waals surface area contributed by atoms with E-state index < -0.39 is 0 Å². The number of thiophene rings is 1. The lowest BCUT2D eigenvalue weighted by atomic mass is 10.3. The maximum Gasteiger partial charge on any atom is 0.201 e. The van der Waals surface area contributed by atoms with Crippen molar-refractivity contribution in [2.45, 2.75) is 6.54 Å². The summed E-state index contributed by atoms with van der Waals surface area (Å²) >= 11 is 1.74. The Morgan fingerprint density at radius 3 is 2.94 bits per heavy atom. The molecule has 16 heavy (non-hydrogen) atoms. The molecule has 3 nitrogen and oxygen atoms in total. The van der Waals surface area contributed by atoms with Crippen LogP contribution in [0.15, 0.2) is 41.8 Å². The molecule has 80 valence electrons. The number of rotatable bonds is 3. The van der Waals surface area contributed by atoms with Crippen LogP contribution in [0.1, 0.15) is 4.88 Å². The number of benzene rings is 1. The highest BCUT2D eigenvalue weighted by Gasteiger charge is 2.01. The number of anilines is 1. The standard InChI is InChI=1S/C12H11N3S/c1-2-6-11-10(5-1)14-12(15-11)13-8-9-4-3-7-16-9/h1-7H,8H2,(H2,13,14,15). The molecule has 0 aliphatic heterocycles. The molecular weight excluding hydrogens is 218 g/mol. The second-order valence-corrected chi connectivity index (χ2v) is 4.57. The van der Waals surface area contributed by atoms with Crippen molar-refractivity contribution in [3.05, 3.63) is 46.7 Å². The molecule has 2 heterocycles. The Kier molecular flexibility index (Phi) is 2.34. The Labute approximate surface area is 97.2 Å². The van der Waals surface area contributed by atoms with Crippen molar-refractivity contribution in [1.82, 2.24) is 9.97 Å². The minimum atomic E-state index is 0.817. The molecule has 3 aromatic rings. The van der Waals surface area contributed by atoms with Gasteiger partial charge in [-0.3, -0.25) is 0 Å².